The second-order valence-electron chi connectivity index (χ2n) is 17.9. The first kappa shape index (κ1) is 55.2. The molecule has 0 aliphatic rings. The van der Waals surface area contributed by atoms with Gasteiger partial charge >= 0.3 is 18.2 Å². The van der Waals surface area contributed by atoms with Crippen molar-refractivity contribution in [2.24, 2.45) is 22.4 Å². The maximum Gasteiger partial charge on any atom is 0.514 e. The van der Waals surface area contributed by atoms with Gasteiger partial charge in [-0.05, 0) is 96.9 Å². The molecule has 364 valence electrons. The molecule has 0 fully saturated rings. The van der Waals surface area contributed by atoms with E-state index < -0.39 is 95.7 Å². The topological polar surface area (TPSA) is 321 Å². The summed E-state index contributed by atoms with van der Waals surface area (Å²) in [6.07, 6.45) is -1.49. The van der Waals surface area contributed by atoms with Crippen LogP contribution in [0, 0.1) is 5.92 Å². The van der Waals surface area contributed by atoms with Gasteiger partial charge in [-0.2, -0.15) is 0 Å². The highest BCUT2D eigenvalue weighted by Crippen LogP contribution is 2.17. The number of carbonyl (C=O) groups excluding carboxylic acids is 7. The van der Waals surface area contributed by atoms with Gasteiger partial charge in [0.1, 0.15) is 47.2 Å². The Balaban J connectivity index is 2.17. The van der Waals surface area contributed by atoms with Crippen molar-refractivity contribution < 1.29 is 57.7 Å². The highest BCUT2D eigenvalue weighted by molar-refractivity contribution is 5.95. The summed E-state index contributed by atoms with van der Waals surface area (Å²) in [4.78, 5) is 108. The molecule has 0 heterocycles. The zero-order chi connectivity index (χ0) is 49.8. The molecule has 0 radical (unpaired) electrons. The molecule has 2 aromatic rings. The van der Waals surface area contributed by atoms with E-state index in [1.54, 1.807) is 84.0 Å². The van der Waals surface area contributed by atoms with Crippen molar-refractivity contribution >= 4 is 53.7 Å². The molecule has 66 heavy (non-hydrogen) atoms. The molecular formula is C45H67N9O12. The number of nitrogens with one attached hydrogen (secondary N) is 6. The summed E-state index contributed by atoms with van der Waals surface area (Å²) in [7, 11) is 0. The van der Waals surface area contributed by atoms with Crippen molar-refractivity contribution in [3.8, 4) is 5.75 Å². The monoisotopic (exact) mass is 925 g/mol. The number of nitrogens with two attached hydrogens (primary N) is 2. The fourth-order valence-corrected chi connectivity index (χ4v) is 5.97. The van der Waals surface area contributed by atoms with Crippen molar-refractivity contribution in [1.29, 1.82) is 0 Å². The predicted octanol–water partition coefficient (Wildman–Crippen LogP) is 1.94. The lowest BCUT2D eigenvalue weighted by Gasteiger charge is -2.26. The van der Waals surface area contributed by atoms with Crippen LogP contribution >= 0.6 is 0 Å². The van der Waals surface area contributed by atoms with Gasteiger partial charge < -0.3 is 62.7 Å². The highest BCUT2D eigenvalue weighted by atomic mass is 16.7. The SMILES string of the molecule is CC(C)C[C@H](NC(=O)[C@H](Cc1ccccc1)NC(=O)CNC(=O)[C@H](C)NC(=O)[C@@H](Cc1ccc(OC(=O)OC(C)(C)C)cc1)NC(=O)OC(C)(C)C)C(=O)N[C@H](CCCN=C(N)N)C(=O)O. The number of ether oxygens (including phenoxy) is 3. The molecule has 21 heteroatoms. The minimum Gasteiger partial charge on any atom is -0.480 e. The van der Waals surface area contributed by atoms with Gasteiger partial charge in [0.15, 0.2) is 5.96 Å². The van der Waals surface area contributed by atoms with E-state index in [2.05, 4.69) is 36.9 Å². The number of amides is 6. The van der Waals surface area contributed by atoms with Crippen LogP contribution in [0.1, 0.15) is 92.7 Å². The fraction of sp³-hybridized carbons (Fsp3) is 0.533. The van der Waals surface area contributed by atoms with Gasteiger partial charge in [0.2, 0.25) is 29.5 Å². The second kappa shape index (κ2) is 26.1. The van der Waals surface area contributed by atoms with Crippen LogP contribution in [0.4, 0.5) is 9.59 Å². The molecule has 0 saturated heterocycles. The molecule has 0 aliphatic carbocycles. The molecule has 0 bridgehead atoms. The first-order valence-electron chi connectivity index (χ1n) is 21.5. The number of hydrogen-bond acceptors (Lipinski definition) is 12. The number of carboxylic acids is 1. The number of carbonyl (C=O) groups is 8. The average Bonchev–Trinajstić information content (AvgIpc) is 3.19. The number of aliphatic carboxylic acids is 1. The largest absolute Gasteiger partial charge is 0.514 e. The number of benzene rings is 2. The number of nitrogens with zero attached hydrogens (tertiary/aromatic N) is 1. The maximum absolute atomic E-state index is 13.8. The number of carboxylic acid groups (broad SMARTS) is 1. The van der Waals surface area contributed by atoms with Gasteiger partial charge in [-0.25, -0.2) is 14.4 Å². The normalized spacial score (nSPS) is 13.5. The van der Waals surface area contributed by atoms with E-state index in [1.807, 2.05) is 13.8 Å². The third kappa shape index (κ3) is 22.6. The fourth-order valence-electron chi connectivity index (χ4n) is 5.97. The number of alkyl carbamates (subject to hydrolysis) is 1. The Kier molecular flexibility index (Phi) is 21.9. The molecule has 0 spiro atoms. The molecule has 0 aliphatic heterocycles. The number of guanidine groups is 1. The lowest BCUT2D eigenvalue weighted by atomic mass is 10.0. The average molecular weight is 926 g/mol. The van der Waals surface area contributed by atoms with Crippen LogP contribution in [0.15, 0.2) is 59.6 Å². The van der Waals surface area contributed by atoms with Crippen LogP contribution in [0.3, 0.4) is 0 Å². The van der Waals surface area contributed by atoms with Crippen molar-refractivity contribution in [1.82, 2.24) is 31.9 Å². The van der Waals surface area contributed by atoms with E-state index in [9.17, 15) is 43.5 Å². The third-order valence-electron chi connectivity index (χ3n) is 8.97. The lowest BCUT2D eigenvalue weighted by Crippen LogP contribution is -2.57. The molecule has 2 aromatic carbocycles. The number of rotatable bonds is 23. The van der Waals surface area contributed by atoms with Crippen LogP contribution < -0.4 is 48.1 Å². The van der Waals surface area contributed by atoms with E-state index in [0.29, 0.717) is 11.1 Å². The quantitative estimate of drug-likeness (QED) is 0.0253. The Morgan fingerprint density at radius 2 is 1.18 bits per heavy atom. The molecule has 11 N–H and O–H groups in total. The van der Waals surface area contributed by atoms with E-state index in [-0.39, 0.29) is 56.3 Å². The minimum atomic E-state index is -1.30. The Hall–Kier alpha value is -6.93. The van der Waals surface area contributed by atoms with Gasteiger partial charge in [-0.1, -0.05) is 56.3 Å². The van der Waals surface area contributed by atoms with E-state index in [1.165, 1.54) is 19.1 Å². The van der Waals surface area contributed by atoms with Gasteiger partial charge in [0.05, 0.1) is 6.54 Å². The highest BCUT2D eigenvalue weighted by Gasteiger charge is 2.31. The number of hydrogen-bond donors (Lipinski definition) is 9. The summed E-state index contributed by atoms with van der Waals surface area (Å²) < 4.78 is 15.7. The second-order valence-corrected chi connectivity index (χ2v) is 17.9. The van der Waals surface area contributed by atoms with Crippen molar-refractivity contribution in [2.45, 2.75) is 136 Å². The third-order valence-corrected chi connectivity index (χ3v) is 8.97. The van der Waals surface area contributed by atoms with E-state index >= 15 is 0 Å². The van der Waals surface area contributed by atoms with Crippen molar-refractivity contribution in [3.63, 3.8) is 0 Å². The summed E-state index contributed by atoms with van der Waals surface area (Å²) in [5, 5.41) is 25.0. The molecule has 5 atom stereocenters. The van der Waals surface area contributed by atoms with Crippen LogP contribution in [-0.4, -0.2) is 113 Å². The van der Waals surface area contributed by atoms with E-state index in [0.717, 1.165) is 0 Å². The zero-order valence-electron chi connectivity index (χ0n) is 39.1. The Bertz CT molecular complexity index is 1990. The molecular weight excluding hydrogens is 859 g/mol. The maximum atomic E-state index is 13.8. The Morgan fingerprint density at radius 1 is 0.652 bits per heavy atom. The van der Waals surface area contributed by atoms with Crippen LogP contribution in [0.2, 0.25) is 0 Å². The standard InChI is InChI=1S/C45H67N9O12/c1-26(2)22-32(38(58)52-31(40(60)61)16-13-21-48-41(46)47)53-39(59)33(23-28-14-11-10-12-15-28)51-35(55)25-49-36(56)27(3)50-37(57)34(54-42(62)65-44(4,5)6)24-29-17-19-30(20-18-29)64-43(63)66-45(7,8)9/h10-12,14-15,17-20,26-27,31-34H,13,16,21-25H2,1-9H3,(H,49,56)(H,50,57)(H,51,55)(H,52,58)(H,53,59)(H,54,62)(H,60,61)(H4,46,47,48)/t27-,31+,32-,33-,34+/m0/s1. The minimum absolute atomic E-state index is 0.00887. The van der Waals surface area contributed by atoms with E-state index in [4.69, 9.17) is 25.7 Å². The summed E-state index contributed by atoms with van der Waals surface area (Å²) in [6, 6.07) is 8.63. The van der Waals surface area contributed by atoms with Crippen molar-refractivity contribution in [2.75, 3.05) is 13.1 Å². The Morgan fingerprint density at radius 3 is 1.73 bits per heavy atom. The first-order valence-corrected chi connectivity index (χ1v) is 21.5. The Labute approximate surface area is 385 Å². The molecule has 2 rings (SSSR count). The van der Waals surface area contributed by atoms with Crippen LogP contribution in [-0.2, 0) is 51.1 Å². The zero-order valence-corrected chi connectivity index (χ0v) is 39.1. The predicted molar refractivity (Wildman–Crippen MR) is 244 cm³/mol. The summed E-state index contributed by atoms with van der Waals surface area (Å²) in [5.41, 5.74) is 10.2. The smallest absolute Gasteiger partial charge is 0.480 e. The van der Waals surface area contributed by atoms with Crippen molar-refractivity contribution in [3.05, 3.63) is 65.7 Å². The van der Waals surface area contributed by atoms with Gasteiger partial charge in [0.25, 0.3) is 0 Å². The molecule has 21 nitrogen and oxygen atoms in total. The first-order chi connectivity index (χ1) is 30.7. The summed E-state index contributed by atoms with van der Waals surface area (Å²) >= 11 is 0. The van der Waals surface area contributed by atoms with Crippen LogP contribution in [0.25, 0.3) is 0 Å². The summed E-state index contributed by atoms with van der Waals surface area (Å²) in [5.74, 6) is -5.19. The van der Waals surface area contributed by atoms with Gasteiger partial charge in [0, 0.05) is 19.4 Å². The molecule has 6 amide bonds. The molecule has 0 unspecified atom stereocenters. The van der Waals surface area contributed by atoms with Gasteiger partial charge in [-0.3, -0.25) is 29.0 Å². The molecule has 0 aromatic heterocycles. The number of aliphatic imine (C=N–C) groups is 1. The summed E-state index contributed by atoms with van der Waals surface area (Å²) in [6.45, 7) is 14.5. The molecule has 0 saturated carbocycles. The van der Waals surface area contributed by atoms with Crippen LogP contribution in [0.5, 0.6) is 5.75 Å². The lowest BCUT2D eigenvalue weighted by molar-refractivity contribution is -0.142. The van der Waals surface area contributed by atoms with Gasteiger partial charge in [-0.15, -0.1) is 0 Å².